The van der Waals surface area contributed by atoms with Gasteiger partial charge in [-0.25, -0.2) is 0 Å². The molecule has 0 heterocycles. The Morgan fingerprint density at radius 2 is 2.22 bits per heavy atom. The molecule has 1 aromatic carbocycles. The predicted molar refractivity (Wildman–Crippen MR) is 34.2 cm³/mol. The highest BCUT2D eigenvalue weighted by Crippen LogP contribution is 2.08. The lowest BCUT2D eigenvalue weighted by Gasteiger charge is -1.84. The fraction of sp³-hybridized carbons (Fsp3) is 0. The molecule has 0 saturated heterocycles. The van der Waals surface area contributed by atoms with Gasteiger partial charge in [0.25, 0.3) is 5.75 Å². The van der Waals surface area contributed by atoms with E-state index >= 15 is 0 Å². The average Bonchev–Trinajstić information content (AvgIpc) is 1.88. The molecule has 1 aromatic rings. The topological polar surface area (TPSA) is 46.7 Å². The van der Waals surface area contributed by atoms with Crippen LogP contribution in [0.2, 0.25) is 0 Å². The van der Waals surface area contributed by atoms with Crippen LogP contribution in [0.1, 0.15) is 5.56 Å². The van der Waals surface area contributed by atoms with Crippen molar-refractivity contribution in [2.24, 2.45) is 0 Å². The van der Waals surface area contributed by atoms with Gasteiger partial charge in [-0.2, -0.15) is 5.26 Å². The molecule has 0 fully saturated rings. The summed E-state index contributed by atoms with van der Waals surface area (Å²) in [6, 6.07) is 8.49. The first-order valence-corrected chi connectivity index (χ1v) is 2.54. The molecule has 0 amide bonds. The van der Waals surface area contributed by atoms with Crippen LogP contribution in [0.4, 0.5) is 0 Å². The maximum Gasteiger partial charge on any atom is 0.255 e. The fourth-order valence-corrected chi connectivity index (χ4v) is 0.589. The molecule has 2 N–H and O–H groups in total. The van der Waals surface area contributed by atoms with Gasteiger partial charge >= 0.3 is 0 Å². The second-order valence-electron chi connectivity index (χ2n) is 1.69. The van der Waals surface area contributed by atoms with Crippen molar-refractivity contribution >= 4 is 0 Å². The second kappa shape index (κ2) is 2.19. The molecular weight excluding hydrogens is 114 g/mol. The summed E-state index contributed by atoms with van der Waals surface area (Å²) in [5.74, 6) is 0.383. The third kappa shape index (κ3) is 1.20. The summed E-state index contributed by atoms with van der Waals surface area (Å²) in [6.07, 6.45) is 0. The monoisotopic (exact) mass is 120 g/mol. The highest BCUT2D eigenvalue weighted by molar-refractivity contribution is 5.35. The predicted octanol–water partition coefficient (Wildman–Crippen LogP) is 0.996. The van der Waals surface area contributed by atoms with Crippen LogP contribution in [0.3, 0.4) is 0 Å². The number of rotatable bonds is 0. The van der Waals surface area contributed by atoms with Crippen LogP contribution in [-0.4, -0.2) is 5.11 Å². The lowest BCUT2D eigenvalue weighted by atomic mass is 10.2. The van der Waals surface area contributed by atoms with Crippen LogP contribution in [0.5, 0.6) is 5.75 Å². The van der Waals surface area contributed by atoms with Gasteiger partial charge in [-0.05, 0) is 6.07 Å². The normalized spacial score (nSPS) is 8.33. The Kier molecular flexibility index (Phi) is 1.37. The van der Waals surface area contributed by atoms with E-state index in [1.807, 2.05) is 6.07 Å². The summed E-state index contributed by atoms with van der Waals surface area (Å²) < 4.78 is 0. The standard InChI is InChI=1S/C7H5NO/c8-5-6-2-1-3-7(9)4-6/h1-4,9H/p+1. The smallest absolute Gasteiger partial charge is 0.255 e. The molecule has 1 rings (SSSR count). The van der Waals surface area contributed by atoms with Gasteiger partial charge in [0.05, 0.1) is 17.7 Å². The molecule has 44 valence electrons. The third-order valence-electron chi connectivity index (χ3n) is 0.992. The maximum atomic E-state index is 8.33. The summed E-state index contributed by atoms with van der Waals surface area (Å²) in [5.41, 5.74) is 0.544. The van der Waals surface area contributed by atoms with Crippen molar-refractivity contribution in [3.05, 3.63) is 29.8 Å². The molecule has 0 aliphatic heterocycles. The molecule has 0 unspecified atom stereocenters. The highest BCUT2D eigenvalue weighted by atomic mass is 16.3. The number of nitrogens with zero attached hydrogens (tertiary/aromatic N) is 1. The van der Waals surface area contributed by atoms with Crippen LogP contribution < -0.4 is 0 Å². The van der Waals surface area contributed by atoms with Gasteiger partial charge in [-0.15, -0.1) is 0 Å². The minimum Gasteiger partial charge on any atom is -0.593 e. The Morgan fingerprint density at radius 1 is 1.44 bits per heavy atom. The van der Waals surface area contributed by atoms with Gasteiger partial charge in [0.15, 0.2) is 0 Å². The highest BCUT2D eigenvalue weighted by Gasteiger charge is 1.92. The Morgan fingerprint density at radius 3 is 2.67 bits per heavy atom. The summed E-state index contributed by atoms with van der Waals surface area (Å²) >= 11 is 0. The van der Waals surface area contributed by atoms with Crippen LogP contribution >= 0.6 is 0 Å². The van der Waals surface area contributed by atoms with E-state index in [9.17, 15) is 0 Å². The van der Waals surface area contributed by atoms with Crippen molar-refractivity contribution in [3.63, 3.8) is 0 Å². The van der Waals surface area contributed by atoms with Crippen molar-refractivity contribution in [1.82, 2.24) is 0 Å². The van der Waals surface area contributed by atoms with E-state index in [2.05, 4.69) is 0 Å². The van der Waals surface area contributed by atoms with Gasteiger partial charge in [-0.3, -0.25) is 0 Å². The molecule has 0 atom stereocenters. The summed E-state index contributed by atoms with van der Waals surface area (Å²) in [6.45, 7) is 0. The zero-order chi connectivity index (χ0) is 6.69. The Hall–Kier alpha value is -1.49. The number of hydrogen-bond donors (Lipinski definition) is 0. The lowest BCUT2D eigenvalue weighted by Crippen LogP contribution is -1.69. The van der Waals surface area contributed by atoms with Crippen molar-refractivity contribution in [1.29, 1.82) is 5.26 Å². The van der Waals surface area contributed by atoms with Crippen molar-refractivity contribution in [2.75, 3.05) is 0 Å². The van der Waals surface area contributed by atoms with E-state index in [4.69, 9.17) is 10.4 Å². The summed E-state index contributed by atoms with van der Waals surface area (Å²) in [5, 5.41) is 15.4. The quantitative estimate of drug-likeness (QED) is 0.471. The first-order valence-electron chi connectivity index (χ1n) is 2.54. The first-order chi connectivity index (χ1) is 4.33. The van der Waals surface area contributed by atoms with Crippen LogP contribution in [-0.2, 0) is 0 Å². The first kappa shape index (κ1) is 5.64. The van der Waals surface area contributed by atoms with E-state index in [1.54, 1.807) is 18.2 Å². The third-order valence-corrected chi connectivity index (χ3v) is 0.992. The lowest BCUT2D eigenvalue weighted by molar-refractivity contribution is 0.475. The molecule has 0 spiro atoms. The molecule has 0 bridgehead atoms. The molecule has 9 heavy (non-hydrogen) atoms. The average molecular weight is 120 g/mol. The molecule has 0 aromatic heterocycles. The fourth-order valence-electron chi connectivity index (χ4n) is 0.589. The molecule has 0 aliphatic rings. The molecule has 0 radical (unpaired) electrons. The molecule has 2 nitrogen and oxygen atoms in total. The van der Waals surface area contributed by atoms with Crippen LogP contribution in [0, 0.1) is 11.3 Å². The number of nitriles is 1. The van der Waals surface area contributed by atoms with Gasteiger partial charge in [0.1, 0.15) is 0 Å². The van der Waals surface area contributed by atoms with E-state index in [1.165, 1.54) is 6.07 Å². The van der Waals surface area contributed by atoms with Gasteiger partial charge in [0, 0.05) is 6.07 Å². The molecule has 0 saturated carbocycles. The van der Waals surface area contributed by atoms with E-state index in [0.717, 1.165) is 0 Å². The van der Waals surface area contributed by atoms with Crippen molar-refractivity contribution < 1.29 is 5.11 Å². The van der Waals surface area contributed by atoms with Crippen LogP contribution in [0.25, 0.3) is 0 Å². The number of benzene rings is 1. The molecule has 2 heteroatoms. The zero-order valence-electron chi connectivity index (χ0n) is 4.76. The van der Waals surface area contributed by atoms with Gasteiger partial charge in [0.2, 0.25) is 0 Å². The van der Waals surface area contributed by atoms with Crippen molar-refractivity contribution in [3.8, 4) is 11.8 Å². The van der Waals surface area contributed by atoms with E-state index in [-0.39, 0.29) is 0 Å². The minimum absolute atomic E-state index is 0.383. The Balaban J connectivity index is 3.12. The van der Waals surface area contributed by atoms with Gasteiger partial charge in [-0.1, -0.05) is 6.07 Å². The van der Waals surface area contributed by atoms with E-state index in [0.29, 0.717) is 11.3 Å². The SMILES string of the molecule is N#Cc1cccc([OH2+])c1. The minimum atomic E-state index is 0.383. The van der Waals surface area contributed by atoms with Crippen molar-refractivity contribution in [2.45, 2.75) is 0 Å². The van der Waals surface area contributed by atoms with Crippen LogP contribution in [0.15, 0.2) is 24.3 Å². The van der Waals surface area contributed by atoms with Gasteiger partial charge < -0.3 is 5.11 Å². The summed E-state index contributed by atoms with van der Waals surface area (Å²) in [7, 11) is 0. The maximum absolute atomic E-state index is 8.33. The second-order valence-corrected chi connectivity index (χ2v) is 1.69. The molecule has 0 aliphatic carbocycles. The van der Waals surface area contributed by atoms with E-state index < -0.39 is 0 Å². The zero-order valence-corrected chi connectivity index (χ0v) is 4.76. The molecular formula is C7H6NO+. The largest absolute Gasteiger partial charge is 0.593 e. The Bertz CT molecular complexity index is 249. The summed E-state index contributed by atoms with van der Waals surface area (Å²) in [4.78, 5) is 0. The Labute approximate surface area is 53.0 Å². The number of hydrogen-bond acceptors (Lipinski definition) is 1.